The minimum absolute atomic E-state index is 0.355. The van der Waals surface area contributed by atoms with E-state index in [-0.39, 0.29) is 5.82 Å². The summed E-state index contributed by atoms with van der Waals surface area (Å²) in [4.78, 5) is 7.98. The first-order chi connectivity index (χ1) is 8.70. The molecule has 2 aromatic rings. The van der Waals surface area contributed by atoms with Crippen LogP contribution in [-0.4, -0.2) is 9.97 Å². The van der Waals surface area contributed by atoms with Crippen LogP contribution in [0.25, 0.3) is 0 Å². The molecule has 0 atom stereocenters. The van der Waals surface area contributed by atoms with E-state index in [0.29, 0.717) is 17.4 Å². The van der Waals surface area contributed by atoms with Crippen LogP contribution in [0.2, 0.25) is 0 Å². The van der Waals surface area contributed by atoms with Gasteiger partial charge in [-0.2, -0.15) is 0 Å². The highest BCUT2D eigenvalue weighted by molar-refractivity contribution is 5.46. The van der Waals surface area contributed by atoms with Crippen molar-refractivity contribution >= 4 is 5.82 Å². The smallest absolute Gasteiger partial charge is 0.227 e. The first kappa shape index (κ1) is 12.3. The number of hydrogen-bond donors (Lipinski definition) is 1. The number of halogens is 1. The summed E-state index contributed by atoms with van der Waals surface area (Å²) in [7, 11) is 0. The monoisotopic (exact) mass is 247 g/mol. The van der Waals surface area contributed by atoms with E-state index in [0.717, 1.165) is 18.4 Å². The Bertz CT molecular complexity index is 546. The number of benzene rings is 1. The normalized spacial score (nSPS) is 10.3. The summed E-state index contributed by atoms with van der Waals surface area (Å²) in [6.45, 7) is 2.03. The van der Waals surface area contributed by atoms with Gasteiger partial charge >= 0.3 is 0 Å². The lowest BCUT2D eigenvalue weighted by Gasteiger charge is -2.10. The Morgan fingerprint density at radius 3 is 2.89 bits per heavy atom. The first-order valence-electron chi connectivity index (χ1n) is 5.73. The van der Waals surface area contributed by atoms with Crippen molar-refractivity contribution in [1.29, 1.82) is 0 Å². The predicted molar refractivity (Wildman–Crippen MR) is 66.9 cm³/mol. The van der Waals surface area contributed by atoms with Crippen molar-refractivity contribution in [3.8, 4) is 11.6 Å². The van der Waals surface area contributed by atoms with E-state index in [1.54, 1.807) is 12.1 Å². The van der Waals surface area contributed by atoms with Gasteiger partial charge in [0.2, 0.25) is 5.88 Å². The van der Waals surface area contributed by atoms with E-state index in [1.165, 1.54) is 18.5 Å². The van der Waals surface area contributed by atoms with Crippen molar-refractivity contribution in [3.05, 3.63) is 42.0 Å². The van der Waals surface area contributed by atoms with E-state index in [9.17, 15) is 4.39 Å². The van der Waals surface area contributed by atoms with Gasteiger partial charge in [-0.15, -0.1) is 0 Å². The molecule has 0 fully saturated rings. The lowest BCUT2D eigenvalue weighted by Crippen LogP contribution is -2.02. The van der Waals surface area contributed by atoms with E-state index in [2.05, 4.69) is 9.97 Å². The van der Waals surface area contributed by atoms with E-state index < -0.39 is 0 Å². The molecule has 0 spiro atoms. The second kappa shape index (κ2) is 5.44. The molecule has 2 N–H and O–H groups in total. The van der Waals surface area contributed by atoms with Crippen molar-refractivity contribution in [3.63, 3.8) is 0 Å². The third kappa shape index (κ3) is 2.74. The van der Waals surface area contributed by atoms with Crippen LogP contribution in [0.1, 0.15) is 18.9 Å². The van der Waals surface area contributed by atoms with Crippen molar-refractivity contribution in [2.45, 2.75) is 19.8 Å². The fourth-order valence-corrected chi connectivity index (χ4v) is 1.62. The molecule has 94 valence electrons. The molecule has 0 aliphatic rings. The van der Waals surface area contributed by atoms with Crippen LogP contribution < -0.4 is 10.5 Å². The number of nitrogen functional groups attached to an aromatic ring is 1. The zero-order chi connectivity index (χ0) is 13.0. The van der Waals surface area contributed by atoms with Gasteiger partial charge in [0.05, 0.1) is 5.56 Å². The van der Waals surface area contributed by atoms with Crippen molar-refractivity contribution in [1.82, 2.24) is 9.97 Å². The van der Waals surface area contributed by atoms with Gasteiger partial charge in [0.25, 0.3) is 0 Å². The molecular formula is C13H14FN3O. The number of nitrogens with two attached hydrogens (primary N) is 1. The topological polar surface area (TPSA) is 61.0 Å². The number of aromatic nitrogens is 2. The van der Waals surface area contributed by atoms with Crippen LogP contribution in [0.5, 0.6) is 11.6 Å². The van der Waals surface area contributed by atoms with Gasteiger partial charge in [-0.3, -0.25) is 0 Å². The van der Waals surface area contributed by atoms with Crippen LogP contribution >= 0.6 is 0 Å². The Balaban J connectivity index is 2.31. The predicted octanol–water partition coefficient (Wildman–Crippen LogP) is 2.94. The lowest BCUT2D eigenvalue weighted by molar-refractivity contribution is 0.450. The standard InChI is InChI=1S/C13H14FN3O/c1-2-4-11-12(15)16-8-17-13(11)18-10-6-3-5-9(14)7-10/h3,5-8H,2,4H2,1H3,(H2,15,16,17). The van der Waals surface area contributed by atoms with Gasteiger partial charge in [0.1, 0.15) is 23.7 Å². The Morgan fingerprint density at radius 2 is 2.17 bits per heavy atom. The van der Waals surface area contributed by atoms with Gasteiger partial charge in [-0.25, -0.2) is 14.4 Å². The fourth-order valence-electron chi connectivity index (χ4n) is 1.62. The summed E-state index contributed by atoms with van der Waals surface area (Å²) in [5, 5.41) is 0. The minimum atomic E-state index is -0.355. The van der Waals surface area contributed by atoms with Gasteiger partial charge in [-0.1, -0.05) is 19.4 Å². The average molecular weight is 247 g/mol. The van der Waals surface area contributed by atoms with E-state index >= 15 is 0 Å². The van der Waals surface area contributed by atoms with Gasteiger partial charge < -0.3 is 10.5 Å². The maximum absolute atomic E-state index is 13.1. The molecule has 1 aromatic heterocycles. The molecule has 2 rings (SSSR count). The SMILES string of the molecule is CCCc1c(N)ncnc1Oc1cccc(F)c1. The van der Waals surface area contributed by atoms with Gasteiger partial charge in [0.15, 0.2) is 0 Å². The maximum Gasteiger partial charge on any atom is 0.227 e. The molecular weight excluding hydrogens is 233 g/mol. The molecule has 0 saturated carbocycles. The zero-order valence-corrected chi connectivity index (χ0v) is 10.1. The summed E-state index contributed by atoms with van der Waals surface area (Å²) < 4.78 is 18.6. The fraction of sp³-hybridized carbons (Fsp3) is 0.231. The third-order valence-electron chi connectivity index (χ3n) is 2.45. The highest BCUT2D eigenvalue weighted by atomic mass is 19.1. The van der Waals surface area contributed by atoms with Crippen LogP contribution in [-0.2, 0) is 6.42 Å². The van der Waals surface area contributed by atoms with Crippen LogP contribution in [0.15, 0.2) is 30.6 Å². The number of ether oxygens (including phenoxy) is 1. The summed E-state index contributed by atoms with van der Waals surface area (Å²) in [6.07, 6.45) is 2.96. The third-order valence-corrected chi connectivity index (χ3v) is 2.45. The molecule has 0 aliphatic heterocycles. The Hall–Kier alpha value is -2.17. The summed E-state index contributed by atoms with van der Waals surface area (Å²) in [5.74, 6) is 0.824. The zero-order valence-electron chi connectivity index (χ0n) is 10.1. The molecule has 4 nitrogen and oxygen atoms in total. The molecule has 1 heterocycles. The molecule has 0 aliphatic carbocycles. The van der Waals surface area contributed by atoms with E-state index in [4.69, 9.17) is 10.5 Å². The molecule has 0 bridgehead atoms. The lowest BCUT2D eigenvalue weighted by atomic mass is 10.2. The molecule has 1 aromatic carbocycles. The summed E-state index contributed by atoms with van der Waals surface area (Å²) in [6, 6.07) is 5.90. The van der Waals surface area contributed by atoms with Crippen molar-refractivity contribution < 1.29 is 9.13 Å². The molecule has 18 heavy (non-hydrogen) atoms. The van der Waals surface area contributed by atoms with Crippen LogP contribution in [0.3, 0.4) is 0 Å². The van der Waals surface area contributed by atoms with E-state index in [1.807, 2.05) is 6.92 Å². The first-order valence-corrected chi connectivity index (χ1v) is 5.73. The average Bonchev–Trinajstić information content (AvgIpc) is 2.34. The number of hydrogen-bond acceptors (Lipinski definition) is 4. The molecule has 0 radical (unpaired) electrons. The largest absolute Gasteiger partial charge is 0.438 e. The number of anilines is 1. The van der Waals surface area contributed by atoms with Gasteiger partial charge in [0, 0.05) is 6.07 Å². The molecule has 0 saturated heterocycles. The van der Waals surface area contributed by atoms with Crippen LogP contribution in [0.4, 0.5) is 10.2 Å². The molecule has 0 unspecified atom stereocenters. The highest BCUT2D eigenvalue weighted by Crippen LogP contribution is 2.26. The quantitative estimate of drug-likeness (QED) is 0.902. The molecule has 0 amide bonds. The number of nitrogens with zero attached hydrogens (tertiary/aromatic N) is 2. The maximum atomic E-state index is 13.1. The van der Waals surface area contributed by atoms with Gasteiger partial charge in [-0.05, 0) is 18.6 Å². The van der Waals surface area contributed by atoms with Crippen molar-refractivity contribution in [2.24, 2.45) is 0 Å². The molecule has 5 heteroatoms. The Morgan fingerprint density at radius 1 is 1.33 bits per heavy atom. The minimum Gasteiger partial charge on any atom is -0.438 e. The Kier molecular flexibility index (Phi) is 3.72. The number of rotatable bonds is 4. The highest BCUT2D eigenvalue weighted by Gasteiger charge is 2.10. The summed E-state index contributed by atoms with van der Waals surface area (Å²) >= 11 is 0. The summed E-state index contributed by atoms with van der Waals surface area (Å²) in [5.41, 5.74) is 6.54. The van der Waals surface area contributed by atoms with Crippen molar-refractivity contribution in [2.75, 3.05) is 5.73 Å². The second-order valence-corrected chi connectivity index (χ2v) is 3.85. The second-order valence-electron chi connectivity index (χ2n) is 3.85. The van der Waals surface area contributed by atoms with Crippen LogP contribution in [0, 0.1) is 5.82 Å². The Labute approximate surface area is 105 Å².